The number of benzene rings is 2. The number of rotatable bonds is 5. The van der Waals surface area contributed by atoms with Gasteiger partial charge in [-0.25, -0.2) is 4.79 Å². The second-order valence-electron chi connectivity index (χ2n) is 6.38. The average Bonchev–Trinajstić information content (AvgIpc) is 2.72. The van der Waals surface area contributed by atoms with Crippen LogP contribution in [0.2, 0.25) is 0 Å². The number of methoxy groups -OCH3 is 2. The van der Waals surface area contributed by atoms with E-state index in [9.17, 15) is 9.59 Å². The largest absolute Gasteiger partial charge is 0.493 e. The van der Waals surface area contributed by atoms with Crippen LogP contribution in [-0.4, -0.2) is 44.3 Å². The van der Waals surface area contributed by atoms with Gasteiger partial charge in [-0.2, -0.15) is 0 Å². The van der Waals surface area contributed by atoms with Crippen molar-refractivity contribution in [2.75, 3.05) is 32.7 Å². The Hall–Kier alpha value is -3.22. The van der Waals surface area contributed by atoms with Crippen molar-refractivity contribution in [1.82, 2.24) is 4.90 Å². The summed E-state index contributed by atoms with van der Waals surface area (Å²) in [6, 6.07) is 10.7. The summed E-state index contributed by atoms with van der Waals surface area (Å²) in [7, 11) is 3.21. The molecular weight excluding hydrogens is 360 g/mol. The molecule has 28 heavy (non-hydrogen) atoms. The van der Waals surface area contributed by atoms with Crippen molar-refractivity contribution in [2.24, 2.45) is 0 Å². The Kier molecular flexibility index (Phi) is 6.03. The molecule has 7 heteroatoms. The first-order chi connectivity index (χ1) is 13.5. The van der Waals surface area contributed by atoms with Crippen LogP contribution in [0.1, 0.15) is 28.4 Å². The van der Waals surface area contributed by atoms with Gasteiger partial charge in [-0.3, -0.25) is 10.1 Å². The molecule has 0 fully saturated rings. The summed E-state index contributed by atoms with van der Waals surface area (Å²) >= 11 is 0. The fraction of sp³-hybridized carbons (Fsp3) is 0.333. The van der Waals surface area contributed by atoms with Gasteiger partial charge in [-0.05, 0) is 60.9 Å². The number of fused-ring (bicyclic) bond motifs is 1. The second-order valence-corrected chi connectivity index (χ2v) is 6.38. The maximum absolute atomic E-state index is 12.9. The third kappa shape index (κ3) is 4.19. The van der Waals surface area contributed by atoms with Crippen LogP contribution >= 0.6 is 0 Å². The Balaban J connectivity index is 1.71. The predicted molar refractivity (Wildman–Crippen MR) is 105 cm³/mol. The fourth-order valence-electron chi connectivity index (χ4n) is 3.22. The Labute approximate surface area is 164 Å². The minimum atomic E-state index is -0.515. The lowest BCUT2D eigenvalue weighted by atomic mass is 9.98. The van der Waals surface area contributed by atoms with Crippen LogP contribution in [0.25, 0.3) is 0 Å². The molecule has 0 atom stereocenters. The van der Waals surface area contributed by atoms with E-state index in [1.165, 1.54) is 0 Å². The zero-order valence-corrected chi connectivity index (χ0v) is 16.3. The van der Waals surface area contributed by atoms with Gasteiger partial charge in [0.15, 0.2) is 11.5 Å². The van der Waals surface area contributed by atoms with Crippen molar-refractivity contribution in [3.05, 3.63) is 53.1 Å². The molecule has 1 N–H and O–H groups in total. The van der Waals surface area contributed by atoms with Crippen molar-refractivity contribution >= 4 is 17.7 Å². The fourth-order valence-corrected chi connectivity index (χ4v) is 3.22. The lowest BCUT2D eigenvalue weighted by Gasteiger charge is -2.29. The molecule has 1 aliphatic rings. The molecule has 1 heterocycles. The molecule has 0 aromatic heterocycles. The Bertz CT molecular complexity index is 864. The van der Waals surface area contributed by atoms with E-state index in [4.69, 9.17) is 14.2 Å². The van der Waals surface area contributed by atoms with Crippen LogP contribution < -0.4 is 14.8 Å². The molecule has 2 amide bonds. The molecule has 0 unspecified atom stereocenters. The van der Waals surface area contributed by atoms with E-state index in [0.717, 1.165) is 17.5 Å². The summed E-state index contributed by atoms with van der Waals surface area (Å²) in [6.07, 6.45) is 0.239. The van der Waals surface area contributed by atoms with Gasteiger partial charge >= 0.3 is 6.09 Å². The third-order valence-corrected chi connectivity index (χ3v) is 4.66. The quantitative estimate of drug-likeness (QED) is 0.854. The van der Waals surface area contributed by atoms with Crippen LogP contribution in [0, 0.1) is 0 Å². The molecule has 7 nitrogen and oxygen atoms in total. The first-order valence-corrected chi connectivity index (χ1v) is 9.12. The van der Waals surface area contributed by atoms with E-state index >= 15 is 0 Å². The highest BCUT2D eigenvalue weighted by atomic mass is 16.5. The molecule has 0 spiro atoms. The standard InChI is InChI=1S/C21H24N2O5/c1-4-28-21(25)22-17-7-5-14(6-8-17)20(24)23-10-9-15-11-18(26-2)19(27-3)12-16(15)13-23/h5-8,11-12H,4,9-10,13H2,1-3H3,(H,22,25). The minimum absolute atomic E-state index is 0.0527. The highest BCUT2D eigenvalue weighted by Gasteiger charge is 2.23. The van der Waals surface area contributed by atoms with Crippen LogP contribution in [0.5, 0.6) is 11.5 Å². The van der Waals surface area contributed by atoms with Crippen molar-refractivity contribution in [3.8, 4) is 11.5 Å². The summed E-state index contributed by atoms with van der Waals surface area (Å²) in [5, 5.41) is 2.61. The molecular formula is C21H24N2O5. The number of ether oxygens (including phenoxy) is 3. The Morgan fingerprint density at radius 2 is 1.68 bits per heavy atom. The van der Waals surface area contributed by atoms with Gasteiger partial charge in [0, 0.05) is 24.3 Å². The zero-order chi connectivity index (χ0) is 20.1. The first-order valence-electron chi connectivity index (χ1n) is 9.12. The van der Waals surface area contributed by atoms with Crippen LogP contribution in [0.3, 0.4) is 0 Å². The van der Waals surface area contributed by atoms with Gasteiger partial charge in [-0.1, -0.05) is 0 Å². The third-order valence-electron chi connectivity index (χ3n) is 4.66. The number of carbonyl (C=O) groups excluding carboxylic acids is 2. The molecule has 2 aromatic carbocycles. The zero-order valence-electron chi connectivity index (χ0n) is 16.3. The van der Waals surface area contributed by atoms with E-state index in [1.807, 2.05) is 17.0 Å². The van der Waals surface area contributed by atoms with Gasteiger partial charge in [0.05, 0.1) is 20.8 Å². The molecule has 0 bridgehead atoms. The number of nitrogens with one attached hydrogen (secondary N) is 1. The van der Waals surface area contributed by atoms with E-state index in [2.05, 4.69) is 5.32 Å². The van der Waals surface area contributed by atoms with Crippen molar-refractivity contribution in [3.63, 3.8) is 0 Å². The summed E-state index contributed by atoms with van der Waals surface area (Å²) in [5.74, 6) is 1.30. The van der Waals surface area contributed by atoms with Gasteiger partial charge < -0.3 is 19.1 Å². The second kappa shape index (κ2) is 8.65. The number of hydrogen-bond donors (Lipinski definition) is 1. The highest BCUT2D eigenvalue weighted by molar-refractivity contribution is 5.95. The molecule has 1 aliphatic heterocycles. The monoisotopic (exact) mass is 384 g/mol. The van der Waals surface area contributed by atoms with Gasteiger partial charge in [0.1, 0.15) is 0 Å². The molecule has 0 radical (unpaired) electrons. The van der Waals surface area contributed by atoms with E-state index in [0.29, 0.717) is 42.4 Å². The average molecular weight is 384 g/mol. The van der Waals surface area contributed by atoms with E-state index in [-0.39, 0.29) is 5.91 Å². The summed E-state index contributed by atoms with van der Waals surface area (Å²) in [4.78, 5) is 26.2. The normalized spacial score (nSPS) is 12.8. The molecule has 148 valence electrons. The topological polar surface area (TPSA) is 77.1 Å². The Morgan fingerprint density at radius 3 is 2.29 bits per heavy atom. The van der Waals surface area contributed by atoms with E-state index < -0.39 is 6.09 Å². The number of nitrogens with zero attached hydrogens (tertiary/aromatic N) is 1. The number of carbonyl (C=O) groups is 2. The summed E-state index contributed by atoms with van der Waals surface area (Å²) in [6.45, 7) is 3.18. The van der Waals surface area contributed by atoms with E-state index in [1.54, 1.807) is 45.4 Å². The van der Waals surface area contributed by atoms with Gasteiger partial charge in [-0.15, -0.1) is 0 Å². The van der Waals surface area contributed by atoms with Crippen LogP contribution in [-0.2, 0) is 17.7 Å². The van der Waals surface area contributed by atoms with Crippen LogP contribution in [0.15, 0.2) is 36.4 Å². The van der Waals surface area contributed by atoms with Crippen molar-refractivity contribution in [2.45, 2.75) is 19.9 Å². The molecule has 0 saturated carbocycles. The predicted octanol–water partition coefficient (Wildman–Crippen LogP) is 3.47. The van der Waals surface area contributed by atoms with Crippen molar-refractivity contribution in [1.29, 1.82) is 0 Å². The highest BCUT2D eigenvalue weighted by Crippen LogP contribution is 2.33. The summed E-state index contributed by atoms with van der Waals surface area (Å²) < 4.78 is 15.6. The van der Waals surface area contributed by atoms with Crippen LogP contribution in [0.4, 0.5) is 10.5 Å². The van der Waals surface area contributed by atoms with Gasteiger partial charge in [0.25, 0.3) is 5.91 Å². The number of hydrogen-bond acceptors (Lipinski definition) is 5. The molecule has 0 aliphatic carbocycles. The Morgan fingerprint density at radius 1 is 1.04 bits per heavy atom. The number of amides is 2. The molecule has 2 aromatic rings. The minimum Gasteiger partial charge on any atom is -0.493 e. The summed E-state index contributed by atoms with van der Waals surface area (Å²) in [5.41, 5.74) is 3.36. The lowest BCUT2D eigenvalue weighted by Crippen LogP contribution is -2.36. The SMILES string of the molecule is CCOC(=O)Nc1ccc(C(=O)N2CCc3cc(OC)c(OC)cc3C2)cc1. The maximum Gasteiger partial charge on any atom is 0.411 e. The van der Waals surface area contributed by atoms with Crippen molar-refractivity contribution < 1.29 is 23.8 Å². The smallest absolute Gasteiger partial charge is 0.411 e. The lowest BCUT2D eigenvalue weighted by molar-refractivity contribution is 0.0734. The number of anilines is 1. The first kappa shape index (κ1) is 19.5. The molecule has 0 saturated heterocycles. The maximum atomic E-state index is 12.9. The van der Waals surface area contributed by atoms with Gasteiger partial charge in [0.2, 0.25) is 0 Å². The molecule has 3 rings (SSSR count).